The Labute approximate surface area is 119 Å². The van der Waals surface area contributed by atoms with Crippen molar-refractivity contribution in [1.82, 2.24) is 10.2 Å². The first kappa shape index (κ1) is 13.3. The van der Waals surface area contributed by atoms with Crippen LogP contribution in [0.4, 0.5) is 0 Å². The van der Waals surface area contributed by atoms with Crippen LogP contribution in [0.5, 0.6) is 0 Å². The number of hydrogen-bond donors (Lipinski definition) is 1. The number of benzene rings is 1. The van der Waals surface area contributed by atoms with Crippen molar-refractivity contribution in [3.63, 3.8) is 0 Å². The SMILES string of the molecule is CNC1CCC(N2C(=O)c3ccc(C)cc3C2=O)CC1. The van der Waals surface area contributed by atoms with E-state index in [0.717, 1.165) is 31.2 Å². The van der Waals surface area contributed by atoms with E-state index >= 15 is 0 Å². The molecule has 0 bridgehead atoms. The van der Waals surface area contributed by atoms with E-state index in [1.165, 1.54) is 4.90 Å². The topological polar surface area (TPSA) is 49.4 Å². The zero-order chi connectivity index (χ0) is 14.3. The lowest BCUT2D eigenvalue weighted by molar-refractivity contribution is 0.0539. The van der Waals surface area contributed by atoms with Crippen molar-refractivity contribution < 1.29 is 9.59 Å². The van der Waals surface area contributed by atoms with Crippen LogP contribution in [0.3, 0.4) is 0 Å². The molecule has 4 nitrogen and oxygen atoms in total. The predicted molar refractivity (Wildman–Crippen MR) is 76.8 cm³/mol. The molecular formula is C16H20N2O2. The Morgan fingerprint density at radius 1 is 1.05 bits per heavy atom. The molecule has 106 valence electrons. The summed E-state index contributed by atoms with van der Waals surface area (Å²) in [5.41, 5.74) is 2.16. The largest absolute Gasteiger partial charge is 0.317 e. The van der Waals surface area contributed by atoms with Gasteiger partial charge in [0.15, 0.2) is 0 Å². The molecule has 20 heavy (non-hydrogen) atoms. The summed E-state index contributed by atoms with van der Waals surface area (Å²) in [5, 5.41) is 3.27. The number of aryl methyl sites for hydroxylation is 1. The van der Waals surface area contributed by atoms with E-state index in [9.17, 15) is 9.59 Å². The van der Waals surface area contributed by atoms with Crippen molar-refractivity contribution in [1.29, 1.82) is 0 Å². The quantitative estimate of drug-likeness (QED) is 0.839. The highest BCUT2D eigenvalue weighted by Gasteiger charge is 2.40. The fraction of sp³-hybridized carbons (Fsp3) is 0.500. The van der Waals surface area contributed by atoms with Gasteiger partial charge in [0, 0.05) is 12.1 Å². The fourth-order valence-electron chi connectivity index (χ4n) is 3.33. The highest BCUT2D eigenvalue weighted by molar-refractivity contribution is 6.21. The molecule has 1 fully saturated rings. The van der Waals surface area contributed by atoms with Gasteiger partial charge >= 0.3 is 0 Å². The third-order valence-electron chi connectivity index (χ3n) is 4.54. The van der Waals surface area contributed by atoms with E-state index in [0.29, 0.717) is 17.2 Å². The van der Waals surface area contributed by atoms with E-state index < -0.39 is 0 Å². The van der Waals surface area contributed by atoms with Gasteiger partial charge in [0.1, 0.15) is 0 Å². The molecule has 0 spiro atoms. The Hall–Kier alpha value is -1.68. The number of carbonyl (C=O) groups excluding carboxylic acids is 2. The molecule has 1 aromatic carbocycles. The van der Waals surface area contributed by atoms with Crippen molar-refractivity contribution in [2.75, 3.05) is 7.05 Å². The van der Waals surface area contributed by atoms with Gasteiger partial charge in [-0.15, -0.1) is 0 Å². The lowest BCUT2D eigenvalue weighted by Crippen LogP contribution is -2.44. The van der Waals surface area contributed by atoms with Crippen LogP contribution < -0.4 is 5.32 Å². The Morgan fingerprint density at radius 3 is 2.35 bits per heavy atom. The molecule has 2 aliphatic rings. The minimum Gasteiger partial charge on any atom is -0.317 e. The minimum absolute atomic E-state index is 0.0623. The fourth-order valence-corrected chi connectivity index (χ4v) is 3.33. The van der Waals surface area contributed by atoms with Crippen LogP contribution in [0.25, 0.3) is 0 Å². The van der Waals surface area contributed by atoms with Crippen LogP contribution in [0.2, 0.25) is 0 Å². The molecule has 0 atom stereocenters. The Balaban J connectivity index is 1.83. The number of rotatable bonds is 2. The Bertz CT molecular complexity index is 560. The summed E-state index contributed by atoms with van der Waals surface area (Å²) in [6.45, 7) is 1.94. The van der Waals surface area contributed by atoms with E-state index in [4.69, 9.17) is 0 Å². The molecule has 3 rings (SSSR count). The average molecular weight is 272 g/mol. The summed E-state index contributed by atoms with van der Waals surface area (Å²) in [6, 6.07) is 6.08. The van der Waals surface area contributed by atoms with Crippen LogP contribution in [0, 0.1) is 6.92 Å². The molecule has 1 aromatic rings. The van der Waals surface area contributed by atoms with Gasteiger partial charge in [-0.3, -0.25) is 14.5 Å². The Kier molecular flexibility index (Phi) is 3.34. The van der Waals surface area contributed by atoms with Gasteiger partial charge < -0.3 is 5.32 Å². The van der Waals surface area contributed by atoms with Crippen LogP contribution in [0.1, 0.15) is 52.0 Å². The van der Waals surface area contributed by atoms with E-state index in [1.54, 1.807) is 6.07 Å². The summed E-state index contributed by atoms with van der Waals surface area (Å²) in [4.78, 5) is 26.5. The maximum absolute atomic E-state index is 12.5. The smallest absolute Gasteiger partial charge is 0.261 e. The van der Waals surface area contributed by atoms with Crippen molar-refractivity contribution in [2.24, 2.45) is 0 Å². The number of imide groups is 1. The molecule has 1 saturated carbocycles. The predicted octanol–water partition coefficient (Wildman–Crippen LogP) is 2.12. The summed E-state index contributed by atoms with van der Waals surface area (Å²) < 4.78 is 0. The molecule has 0 aromatic heterocycles. The van der Waals surface area contributed by atoms with E-state index in [1.807, 2.05) is 26.1 Å². The van der Waals surface area contributed by atoms with Crippen molar-refractivity contribution in [2.45, 2.75) is 44.7 Å². The van der Waals surface area contributed by atoms with Gasteiger partial charge in [0.05, 0.1) is 11.1 Å². The first-order valence-electron chi connectivity index (χ1n) is 7.27. The number of fused-ring (bicyclic) bond motifs is 1. The number of carbonyl (C=O) groups is 2. The number of nitrogens with zero attached hydrogens (tertiary/aromatic N) is 1. The van der Waals surface area contributed by atoms with Gasteiger partial charge in [-0.25, -0.2) is 0 Å². The van der Waals surface area contributed by atoms with Gasteiger partial charge in [-0.2, -0.15) is 0 Å². The van der Waals surface area contributed by atoms with Crippen molar-refractivity contribution in [3.05, 3.63) is 34.9 Å². The third kappa shape index (κ3) is 2.04. The molecule has 1 N–H and O–H groups in total. The Morgan fingerprint density at radius 2 is 1.70 bits per heavy atom. The average Bonchev–Trinajstić information content (AvgIpc) is 2.71. The van der Waals surface area contributed by atoms with Gasteiger partial charge in [-0.05, 0) is 51.8 Å². The van der Waals surface area contributed by atoms with E-state index in [2.05, 4.69) is 5.32 Å². The molecule has 1 aliphatic heterocycles. The standard InChI is InChI=1S/C16H20N2O2/c1-10-3-8-13-14(9-10)16(20)18(15(13)19)12-6-4-11(17-2)5-7-12/h3,8-9,11-12,17H,4-7H2,1-2H3. The molecular weight excluding hydrogens is 252 g/mol. The highest BCUT2D eigenvalue weighted by Crippen LogP contribution is 2.31. The molecule has 2 amide bonds. The zero-order valence-corrected chi connectivity index (χ0v) is 12.0. The monoisotopic (exact) mass is 272 g/mol. The lowest BCUT2D eigenvalue weighted by Gasteiger charge is -2.33. The minimum atomic E-state index is -0.113. The van der Waals surface area contributed by atoms with Gasteiger partial charge in [0.25, 0.3) is 11.8 Å². The number of amides is 2. The third-order valence-corrected chi connectivity index (χ3v) is 4.54. The number of hydrogen-bond acceptors (Lipinski definition) is 3. The highest BCUT2D eigenvalue weighted by atomic mass is 16.2. The van der Waals surface area contributed by atoms with Crippen LogP contribution in [-0.4, -0.2) is 35.8 Å². The maximum Gasteiger partial charge on any atom is 0.261 e. The maximum atomic E-state index is 12.5. The molecule has 0 unspecified atom stereocenters. The van der Waals surface area contributed by atoms with Gasteiger partial charge in [-0.1, -0.05) is 11.6 Å². The first-order chi connectivity index (χ1) is 9.61. The van der Waals surface area contributed by atoms with E-state index in [-0.39, 0.29) is 17.9 Å². The second kappa shape index (κ2) is 5.02. The van der Waals surface area contributed by atoms with Crippen molar-refractivity contribution in [3.8, 4) is 0 Å². The molecule has 1 heterocycles. The molecule has 0 saturated heterocycles. The van der Waals surface area contributed by atoms with Crippen LogP contribution >= 0.6 is 0 Å². The van der Waals surface area contributed by atoms with Crippen LogP contribution in [0.15, 0.2) is 18.2 Å². The molecule has 0 radical (unpaired) electrons. The van der Waals surface area contributed by atoms with Gasteiger partial charge in [0.2, 0.25) is 0 Å². The molecule has 1 aliphatic carbocycles. The number of nitrogens with one attached hydrogen (secondary N) is 1. The summed E-state index contributed by atoms with van der Waals surface area (Å²) in [6.07, 6.45) is 3.84. The van der Waals surface area contributed by atoms with Crippen molar-refractivity contribution >= 4 is 11.8 Å². The molecule has 4 heteroatoms. The normalized spacial score (nSPS) is 26.0. The van der Waals surface area contributed by atoms with Crippen LogP contribution in [-0.2, 0) is 0 Å². The summed E-state index contributed by atoms with van der Waals surface area (Å²) in [7, 11) is 1.97. The second-order valence-corrected chi connectivity index (χ2v) is 5.82. The summed E-state index contributed by atoms with van der Waals surface area (Å²) in [5.74, 6) is -0.223. The second-order valence-electron chi connectivity index (χ2n) is 5.82. The first-order valence-corrected chi connectivity index (χ1v) is 7.27. The zero-order valence-electron chi connectivity index (χ0n) is 12.0. The summed E-state index contributed by atoms with van der Waals surface area (Å²) >= 11 is 0. The lowest BCUT2D eigenvalue weighted by atomic mass is 9.90.